The molecule has 0 aliphatic carbocycles. The Kier molecular flexibility index (Phi) is 4.62. The highest BCUT2D eigenvalue weighted by molar-refractivity contribution is 5.92. The number of alkyl halides is 3. The summed E-state index contributed by atoms with van der Waals surface area (Å²) < 4.78 is 40.6. The number of carboxylic acid groups (broad SMARTS) is 1. The van der Waals surface area contributed by atoms with Gasteiger partial charge in [0, 0.05) is 23.9 Å². The van der Waals surface area contributed by atoms with Crippen LogP contribution in [0.3, 0.4) is 0 Å². The molecule has 1 N–H and O–H groups in total. The molecule has 0 bridgehead atoms. The van der Waals surface area contributed by atoms with Crippen LogP contribution in [0.1, 0.15) is 30.8 Å². The highest BCUT2D eigenvalue weighted by Gasteiger charge is 2.38. The van der Waals surface area contributed by atoms with Crippen molar-refractivity contribution < 1.29 is 23.1 Å². The van der Waals surface area contributed by atoms with E-state index in [1.807, 2.05) is 13.8 Å². The van der Waals surface area contributed by atoms with E-state index in [0.717, 1.165) is 0 Å². The third-order valence-corrected chi connectivity index (χ3v) is 2.76. The fourth-order valence-corrected chi connectivity index (χ4v) is 2.03. The lowest BCUT2D eigenvalue weighted by molar-refractivity contribution is -0.131. The maximum atomic E-state index is 13.0. The molecular formula is C13H17F3N2O2. The van der Waals surface area contributed by atoms with Gasteiger partial charge in [-0.25, -0.2) is 4.79 Å². The molecule has 0 saturated carbocycles. The van der Waals surface area contributed by atoms with Crippen molar-refractivity contribution in [3.05, 3.63) is 23.0 Å². The van der Waals surface area contributed by atoms with Gasteiger partial charge < -0.3 is 5.11 Å². The number of hydrogen-bond donors (Lipinski definition) is 1. The molecule has 20 heavy (non-hydrogen) atoms. The van der Waals surface area contributed by atoms with E-state index in [4.69, 9.17) is 5.11 Å². The number of halogens is 3. The molecule has 1 rings (SSSR count). The Morgan fingerprint density at radius 2 is 1.95 bits per heavy atom. The summed E-state index contributed by atoms with van der Waals surface area (Å²) >= 11 is 0. The quantitative estimate of drug-likeness (QED) is 0.866. The molecule has 0 amide bonds. The summed E-state index contributed by atoms with van der Waals surface area (Å²) in [6, 6.07) is 0. The van der Waals surface area contributed by atoms with Gasteiger partial charge in [0.05, 0.1) is 11.3 Å². The third-order valence-electron chi connectivity index (χ3n) is 2.76. The van der Waals surface area contributed by atoms with E-state index in [9.17, 15) is 18.0 Å². The smallest absolute Gasteiger partial charge is 0.417 e. The zero-order valence-electron chi connectivity index (χ0n) is 11.7. The predicted molar refractivity (Wildman–Crippen MR) is 68.2 cm³/mol. The van der Waals surface area contributed by atoms with E-state index >= 15 is 0 Å². The van der Waals surface area contributed by atoms with Gasteiger partial charge >= 0.3 is 12.1 Å². The number of allylic oxidation sites excluding steroid dienone is 1. The first-order valence-corrected chi connectivity index (χ1v) is 6.10. The molecule has 4 nitrogen and oxygen atoms in total. The van der Waals surface area contributed by atoms with Gasteiger partial charge in [-0.3, -0.25) is 4.68 Å². The molecule has 112 valence electrons. The summed E-state index contributed by atoms with van der Waals surface area (Å²) in [7, 11) is 0. The van der Waals surface area contributed by atoms with Gasteiger partial charge in [-0.05, 0) is 19.8 Å². The fourth-order valence-electron chi connectivity index (χ4n) is 2.03. The Hall–Kier alpha value is -1.79. The lowest BCUT2D eigenvalue weighted by atomic mass is 10.0. The molecule has 0 atom stereocenters. The Bertz CT molecular complexity index is 543. The molecule has 1 aromatic rings. The average molecular weight is 290 g/mol. The fraction of sp³-hybridized carbons (Fsp3) is 0.538. The second-order valence-electron chi connectivity index (χ2n) is 5.02. The molecule has 0 spiro atoms. The molecular weight excluding hydrogens is 273 g/mol. The molecule has 0 aliphatic heterocycles. The normalized spacial score (nSPS) is 13.1. The average Bonchev–Trinajstić information content (AvgIpc) is 2.49. The summed E-state index contributed by atoms with van der Waals surface area (Å²) in [5, 5.41) is 12.7. The van der Waals surface area contributed by atoms with Crippen LogP contribution in [0.25, 0.3) is 5.57 Å². The van der Waals surface area contributed by atoms with E-state index in [1.54, 1.807) is 0 Å². The van der Waals surface area contributed by atoms with Crippen LogP contribution in [0, 0.1) is 19.8 Å². The Morgan fingerprint density at radius 1 is 1.40 bits per heavy atom. The maximum Gasteiger partial charge on any atom is 0.417 e. The van der Waals surface area contributed by atoms with Crippen LogP contribution >= 0.6 is 0 Å². The van der Waals surface area contributed by atoms with Crippen molar-refractivity contribution in [2.75, 3.05) is 0 Å². The van der Waals surface area contributed by atoms with Gasteiger partial charge in [-0.1, -0.05) is 13.8 Å². The third kappa shape index (κ3) is 3.61. The van der Waals surface area contributed by atoms with E-state index in [1.165, 1.54) is 18.5 Å². The van der Waals surface area contributed by atoms with E-state index in [0.29, 0.717) is 12.2 Å². The molecule has 0 fully saturated rings. The molecule has 0 aliphatic rings. The minimum atomic E-state index is -4.74. The number of carboxylic acids is 1. The molecule has 0 radical (unpaired) electrons. The highest BCUT2D eigenvalue weighted by atomic mass is 19.4. The van der Waals surface area contributed by atoms with Crippen LogP contribution < -0.4 is 0 Å². The second kappa shape index (κ2) is 5.68. The molecule has 7 heteroatoms. The van der Waals surface area contributed by atoms with E-state index in [2.05, 4.69) is 5.10 Å². The van der Waals surface area contributed by atoms with Gasteiger partial charge in [0.1, 0.15) is 0 Å². The molecule has 1 heterocycles. The van der Waals surface area contributed by atoms with Crippen molar-refractivity contribution in [1.29, 1.82) is 0 Å². The number of aryl methyl sites for hydroxylation is 1. The van der Waals surface area contributed by atoms with Crippen LogP contribution in [0.15, 0.2) is 6.08 Å². The second-order valence-corrected chi connectivity index (χ2v) is 5.02. The zero-order chi connectivity index (χ0) is 15.7. The number of nitrogens with zero attached hydrogens (tertiary/aromatic N) is 2. The zero-order valence-corrected chi connectivity index (χ0v) is 11.7. The summed E-state index contributed by atoms with van der Waals surface area (Å²) in [6.07, 6.45) is -4.55. The number of rotatable bonds is 4. The minimum Gasteiger partial charge on any atom is -0.478 e. The summed E-state index contributed by atoms with van der Waals surface area (Å²) in [5.74, 6) is -1.41. The highest BCUT2D eigenvalue weighted by Crippen LogP contribution is 2.37. The van der Waals surface area contributed by atoms with Gasteiger partial charge in [0.2, 0.25) is 0 Å². The minimum absolute atomic E-state index is 0.152. The Morgan fingerprint density at radius 3 is 2.35 bits per heavy atom. The SMILES string of the molecule is Cc1nn(CC(C)C)c(C)c1C(=CC(=O)O)C(F)(F)F. The summed E-state index contributed by atoms with van der Waals surface area (Å²) in [6.45, 7) is 7.28. The van der Waals surface area contributed by atoms with Crippen molar-refractivity contribution in [3.63, 3.8) is 0 Å². The monoisotopic (exact) mass is 290 g/mol. The van der Waals surface area contributed by atoms with Crippen molar-refractivity contribution in [2.24, 2.45) is 5.92 Å². The number of hydrogen-bond acceptors (Lipinski definition) is 2. The van der Waals surface area contributed by atoms with Crippen molar-refractivity contribution >= 4 is 11.5 Å². The molecule has 0 unspecified atom stereocenters. The van der Waals surface area contributed by atoms with Crippen molar-refractivity contribution in [3.8, 4) is 0 Å². The molecule has 1 aromatic heterocycles. The first kappa shape index (κ1) is 16.3. The lowest BCUT2D eigenvalue weighted by Gasteiger charge is -2.12. The topological polar surface area (TPSA) is 55.1 Å². The van der Waals surface area contributed by atoms with Gasteiger partial charge in [0.15, 0.2) is 0 Å². The largest absolute Gasteiger partial charge is 0.478 e. The van der Waals surface area contributed by atoms with Crippen LogP contribution in [0.4, 0.5) is 13.2 Å². The molecule has 0 aromatic carbocycles. The predicted octanol–water partition coefficient (Wildman–Crippen LogP) is 3.19. The number of aliphatic carboxylic acids is 1. The van der Waals surface area contributed by atoms with Gasteiger partial charge in [0.25, 0.3) is 0 Å². The first-order chi connectivity index (χ1) is 9.04. The van der Waals surface area contributed by atoms with Crippen molar-refractivity contribution in [2.45, 2.75) is 40.4 Å². The van der Waals surface area contributed by atoms with Crippen LogP contribution in [0.5, 0.6) is 0 Å². The van der Waals surface area contributed by atoms with Crippen LogP contribution in [-0.4, -0.2) is 27.0 Å². The van der Waals surface area contributed by atoms with Crippen molar-refractivity contribution in [1.82, 2.24) is 9.78 Å². The van der Waals surface area contributed by atoms with Gasteiger partial charge in [-0.2, -0.15) is 18.3 Å². The van der Waals surface area contributed by atoms with E-state index in [-0.39, 0.29) is 23.3 Å². The van der Waals surface area contributed by atoms with Gasteiger partial charge in [-0.15, -0.1) is 0 Å². The Labute approximate surface area is 114 Å². The number of aromatic nitrogens is 2. The summed E-state index contributed by atoms with van der Waals surface area (Å²) in [4.78, 5) is 10.6. The van der Waals surface area contributed by atoms with Crippen LogP contribution in [-0.2, 0) is 11.3 Å². The maximum absolute atomic E-state index is 13.0. The standard InChI is InChI=1S/C13H17F3N2O2/c1-7(2)6-18-9(4)12(8(3)17-18)10(5-11(19)20)13(14,15)16/h5,7H,6H2,1-4H3,(H,19,20). The van der Waals surface area contributed by atoms with E-state index < -0.39 is 17.7 Å². The number of carbonyl (C=O) groups is 1. The Balaban J connectivity index is 3.43. The first-order valence-electron chi connectivity index (χ1n) is 6.10. The molecule has 0 saturated heterocycles. The van der Waals surface area contributed by atoms with Crippen LogP contribution in [0.2, 0.25) is 0 Å². The summed E-state index contributed by atoms with van der Waals surface area (Å²) in [5.41, 5.74) is -0.829. The lowest BCUT2D eigenvalue weighted by Crippen LogP contribution is -2.14.